The van der Waals surface area contributed by atoms with Crippen molar-refractivity contribution in [3.05, 3.63) is 89.0 Å². The first kappa shape index (κ1) is 25.1. The Morgan fingerprint density at radius 1 is 0.912 bits per heavy atom. The minimum atomic E-state index is -0.860. The highest BCUT2D eigenvalue weighted by atomic mass is 16.5. The van der Waals surface area contributed by atoms with Gasteiger partial charge in [-0.2, -0.15) is 0 Å². The van der Waals surface area contributed by atoms with Crippen molar-refractivity contribution in [3.63, 3.8) is 0 Å². The van der Waals surface area contributed by atoms with E-state index in [1.54, 1.807) is 14.2 Å². The molecule has 2 N–H and O–H groups in total. The van der Waals surface area contributed by atoms with Crippen LogP contribution in [0.1, 0.15) is 34.8 Å². The SMILES string of the molecule is COc1cc([C@@H](O)[C@@H](CCOc2ccccc2)Cc2ccc(CC(=O)O)cc2)cc(OC)c1C. The van der Waals surface area contributed by atoms with Gasteiger partial charge < -0.3 is 24.4 Å². The molecule has 2 atom stereocenters. The molecule has 34 heavy (non-hydrogen) atoms. The maximum Gasteiger partial charge on any atom is 0.307 e. The molecule has 3 aromatic carbocycles. The fraction of sp³-hybridized carbons (Fsp3) is 0.321. The summed E-state index contributed by atoms with van der Waals surface area (Å²) in [4.78, 5) is 11.0. The molecule has 3 aromatic rings. The van der Waals surface area contributed by atoms with Crippen LogP contribution in [0.15, 0.2) is 66.7 Å². The molecule has 6 nitrogen and oxygen atoms in total. The van der Waals surface area contributed by atoms with Gasteiger partial charge in [-0.25, -0.2) is 0 Å². The number of aliphatic hydroxyl groups excluding tert-OH is 1. The van der Waals surface area contributed by atoms with E-state index in [0.29, 0.717) is 36.5 Å². The van der Waals surface area contributed by atoms with E-state index in [1.165, 1.54) is 0 Å². The van der Waals surface area contributed by atoms with Crippen molar-refractivity contribution in [3.8, 4) is 17.2 Å². The van der Waals surface area contributed by atoms with Crippen molar-refractivity contribution in [2.24, 2.45) is 5.92 Å². The number of ether oxygens (including phenoxy) is 3. The molecule has 0 spiro atoms. The van der Waals surface area contributed by atoms with Crippen molar-refractivity contribution < 1.29 is 29.2 Å². The second-order valence-electron chi connectivity index (χ2n) is 8.30. The highest BCUT2D eigenvalue weighted by Gasteiger charge is 2.24. The molecule has 6 heteroatoms. The number of rotatable bonds is 12. The molecule has 0 fully saturated rings. The Bertz CT molecular complexity index is 1040. The summed E-state index contributed by atoms with van der Waals surface area (Å²) >= 11 is 0. The number of benzene rings is 3. The van der Waals surface area contributed by atoms with E-state index in [0.717, 1.165) is 22.4 Å². The van der Waals surface area contributed by atoms with Crippen LogP contribution in [0.2, 0.25) is 0 Å². The summed E-state index contributed by atoms with van der Waals surface area (Å²) < 4.78 is 16.9. The molecule has 0 aliphatic rings. The molecule has 0 amide bonds. The quantitative estimate of drug-likeness (QED) is 0.392. The van der Waals surface area contributed by atoms with E-state index >= 15 is 0 Å². The second kappa shape index (κ2) is 12.1. The number of aliphatic hydroxyl groups is 1. The molecule has 0 unspecified atom stereocenters. The zero-order valence-corrected chi connectivity index (χ0v) is 19.9. The molecule has 0 aliphatic carbocycles. The highest BCUT2D eigenvalue weighted by molar-refractivity contribution is 5.70. The average molecular weight is 465 g/mol. The molecule has 0 heterocycles. The van der Waals surface area contributed by atoms with Crippen LogP contribution < -0.4 is 14.2 Å². The second-order valence-corrected chi connectivity index (χ2v) is 8.30. The summed E-state index contributed by atoms with van der Waals surface area (Å²) in [5.74, 6) is 1.09. The molecule has 3 rings (SSSR count). The van der Waals surface area contributed by atoms with Gasteiger partial charge in [-0.3, -0.25) is 4.79 Å². The summed E-state index contributed by atoms with van der Waals surface area (Å²) in [6.07, 6.45) is 0.429. The van der Waals surface area contributed by atoms with E-state index in [9.17, 15) is 9.90 Å². The predicted molar refractivity (Wildman–Crippen MR) is 131 cm³/mol. The van der Waals surface area contributed by atoms with Gasteiger partial charge in [0.25, 0.3) is 0 Å². The van der Waals surface area contributed by atoms with E-state index in [1.807, 2.05) is 73.7 Å². The van der Waals surface area contributed by atoms with E-state index < -0.39 is 12.1 Å². The average Bonchev–Trinajstić information content (AvgIpc) is 2.84. The van der Waals surface area contributed by atoms with Gasteiger partial charge in [0.2, 0.25) is 0 Å². The number of hydrogen-bond acceptors (Lipinski definition) is 5. The maximum atomic E-state index is 11.4. The zero-order valence-electron chi connectivity index (χ0n) is 19.9. The van der Waals surface area contributed by atoms with E-state index in [2.05, 4.69) is 0 Å². The highest BCUT2D eigenvalue weighted by Crippen LogP contribution is 2.36. The van der Waals surface area contributed by atoms with Gasteiger partial charge >= 0.3 is 5.97 Å². The van der Waals surface area contributed by atoms with Gasteiger partial charge in [-0.05, 0) is 66.6 Å². The first-order chi connectivity index (χ1) is 16.4. The minimum absolute atomic E-state index is 0.0137. The normalized spacial score (nSPS) is 12.6. The van der Waals surface area contributed by atoms with Crippen molar-refractivity contribution >= 4 is 5.97 Å². The molecule has 180 valence electrons. The zero-order chi connectivity index (χ0) is 24.5. The van der Waals surface area contributed by atoms with Crippen molar-refractivity contribution in [1.29, 1.82) is 0 Å². The Morgan fingerprint density at radius 2 is 1.50 bits per heavy atom. The summed E-state index contributed by atoms with van der Waals surface area (Å²) in [6.45, 7) is 2.36. The standard InChI is InChI=1S/C28H32O6/c1-19-25(32-2)17-23(18-26(19)33-3)28(31)22(13-14-34-24-7-5-4-6-8-24)15-20-9-11-21(12-10-20)16-27(29)30/h4-12,17-18,22,28,31H,13-16H2,1-3H3,(H,29,30)/t22-,28-/m0/s1. The summed E-state index contributed by atoms with van der Waals surface area (Å²) in [6, 6.07) is 20.8. The lowest BCUT2D eigenvalue weighted by atomic mass is 9.86. The van der Waals surface area contributed by atoms with E-state index in [4.69, 9.17) is 19.3 Å². The third-order valence-corrected chi connectivity index (χ3v) is 5.94. The molecule has 0 saturated carbocycles. The van der Waals surface area contributed by atoms with E-state index in [-0.39, 0.29) is 12.3 Å². The molecule has 0 saturated heterocycles. The number of para-hydroxylation sites is 1. The van der Waals surface area contributed by atoms with Gasteiger partial charge in [-0.15, -0.1) is 0 Å². The molecule has 0 radical (unpaired) electrons. The van der Waals surface area contributed by atoms with Crippen molar-refractivity contribution in [1.82, 2.24) is 0 Å². The van der Waals surface area contributed by atoms with Gasteiger partial charge in [-0.1, -0.05) is 42.5 Å². The lowest BCUT2D eigenvalue weighted by Gasteiger charge is -2.25. The van der Waals surface area contributed by atoms with Crippen molar-refractivity contribution in [2.45, 2.75) is 32.3 Å². The van der Waals surface area contributed by atoms with Crippen LogP contribution in [0.25, 0.3) is 0 Å². The fourth-order valence-electron chi connectivity index (χ4n) is 4.04. The maximum absolute atomic E-state index is 11.4. The van der Waals surface area contributed by atoms with Gasteiger partial charge in [0, 0.05) is 5.56 Å². The number of carbonyl (C=O) groups is 1. The topological polar surface area (TPSA) is 85.2 Å². The van der Waals surface area contributed by atoms with Crippen molar-refractivity contribution in [2.75, 3.05) is 20.8 Å². The number of hydrogen-bond donors (Lipinski definition) is 2. The number of aliphatic carboxylic acids is 1. The number of carboxylic acid groups (broad SMARTS) is 1. The Hall–Kier alpha value is -3.51. The van der Waals surface area contributed by atoms with Gasteiger partial charge in [0.1, 0.15) is 17.2 Å². The minimum Gasteiger partial charge on any atom is -0.496 e. The molecule has 0 bridgehead atoms. The molecular weight excluding hydrogens is 432 g/mol. The summed E-state index contributed by atoms with van der Waals surface area (Å²) in [5.41, 5.74) is 3.35. The third-order valence-electron chi connectivity index (χ3n) is 5.94. The van der Waals surface area contributed by atoms with Crippen LogP contribution in [0.3, 0.4) is 0 Å². The predicted octanol–water partition coefficient (Wildman–Crippen LogP) is 5.00. The van der Waals surface area contributed by atoms with Crippen LogP contribution >= 0.6 is 0 Å². The van der Waals surface area contributed by atoms with Crippen LogP contribution in [0.5, 0.6) is 17.2 Å². The first-order valence-electron chi connectivity index (χ1n) is 11.3. The number of carboxylic acids is 1. The lowest BCUT2D eigenvalue weighted by molar-refractivity contribution is -0.136. The molecule has 0 aromatic heterocycles. The van der Waals surface area contributed by atoms with Crippen LogP contribution in [0.4, 0.5) is 0 Å². The van der Waals surface area contributed by atoms with Crippen LogP contribution in [-0.2, 0) is 17.6 Å². The fourth-order valence-corrected chi connectivity index (χ4v) is 4.04. The molecular formula is C28H32O6. The monoisotopic (exact) mass is 464 g/mol. The Kier molecular flexibility index (Phi) is 8.93. The summed E-state index contributed by atoms with van der Waals surface area (Å²) in [5, 5.41) is 20.4. The Morgan fingerprint density at radius 3 is 2.06 bits per heavy atom. The number of methoxy groups -OCH3 is 2. The van der Waals surface area contributed by atoms with Crippen LogP contribution in [0, 0.1) is 12.8 Å². The molecule has 0 aliphatic heterocycles. The lowest BCUT2D eigenvalue weighted by Crippen LogP contribution is -2.19. The largest absolute Gasteiger partial charge is 0.496 e. The van der Waals surface area contributed by atoms with Gasteiger partial charge in [0.05, 0.1) is 33.4 Å². The summed E-state index contributed by atoms with van der Waals surface area (Å²) in [7, 11) is 3.20. The van der Waals surface area contributed by atoms with Gasteiger partial charge in [0.15, 0.2) is 0 Å². The first-order valence-corrected chi connectivity index (χ1v) is 11.3. The van der Waals surface area contributed by atoms with Crippen LogP contribution in [-0.4, -0.2) is 37.0 Å². The smallest absolute Gasteiger partial charge is 0.307 e. The third kappa shape index (κ3) is 6.75. The Labute approximate surface area is 200 Å². The Balaban J connectivity index is 1.82.